The molecule has 1 heterocycles. The van der Waals surface area contributed by atoms with Crippen LogP contribution in [0.4, 0.5) is 4.39 Å². The second-order valence-electron chi connectivity index (χ2n) is 3.97. The van der Waals surface area contributed by atoms with E-state index in [0.29, 0.717) is 11.0 Å². The zero-order valence-electron chi connectivity index (χ0n) is 9.24. The number of carbonyl (C=O) groups is 1. The van der Waals surface area contributed by atoms with Crippen LogP contribution in [0.25, 0.3) is 11.0 Å². The van der Waals surface area contributed by atoms with Crippen molar-refractivity contribution in [2.45, 2.75) is 19.9 Å². The van der Waals surface area contributed by atoms with Gasteiger partial charge in [-0.15, -0.1) is 0 Å². The standard InChI is InChI=1S/C11H10BrFN2O2/c1-5(2)15-4-14-7-3-6(11(16)17)9(13)8(12)10(7)15/h3-5H,1-2H3,(H,16,17). The second kappa shape index (κ2) is 4.10. The van der Waals surface area contributed by atoms with Gasteiger partial charge >= 0.3 is 5.97 Å². The molecular formula is C11H10BrFN2O2. The third-order valence-corrected chi connectivity index (χ3v) is 3.25. The molecule has 0 spiro atoms. The molecule has 0 aliphatic rings. The minimum absolute atomic E-state index is 0.117. The van der Waals surface area contributed by atoms with Crippen LogP contribution in [0.5, 0.6) is 0 Å². The number of fused-ring (bicyclic) bond motifs is 1. The molecule has 6 heteroatoms. The zero-order valence-corrected chi connectivity index (χ0v) is 10.8. The summed E-state index contributed by atoms with van der Waals surface area (Å²) in [4.78, 5) is 15.0. The Bertz CT molecular complexity index is 607. The molecule has 2 aromatic rings. The maximum Gasteiger partial charge on any atom is 0.338 e. The van der Waals surface area contributed by atoms with Gasteiger partial charge in [0.05, 0.1) is 27.4 Å². The number of benzene rings is 1. The Balaban J connectivity index is 2.84. The molecule has 2 rings (SSSR count). The van der Waals surface area contributed by atoms with Crippen molar-refractivity contribution >= 4 is 32.9 Å². The third kappa shape index (κ3) is 1.82. The first-order chi connectivity index (χ1) is 7.93. The van der Waals surface area contributed by atoms with E-state index in [1.54, 1.807) is 10.9 Å². The molecule has 1 aromatic carbocycles. The van der Waals surface area contributed by atoms with Crippen LogP contribution in [-0.4, -0.2) is 20.6 Å². The fraction of sp³-hybridized carbons (Fsp3) is 0.273. The molecule has 90 valence electrons. The number of hydrogen-bond acceptors (Lipinski definition) is 2. The normalized spacial score (nSPS) is 11.4. The first-order valence-electron chi connectivity index (χ1n) is 5.01. The highest BCUT2D eigenvalue weighted by atomic mass is 79.9. The molecule has 0 bridgehead atoms. The van der Waals surface area contributed by atoms with Crippen molar-refractivity contribution in [2.75, 3.05) is 0 Å². The van der Waals surface area contributed by atoms with Crippen molar-refractivity contribution < 1.29 is 14.3 Å². The maximum atomic E-state index is 13.8. The molecule has 17 heavy (non-hydrogen) atoms. The quantitative estimate of drug-likeness (QED) is 0.926. The molecule has 0 atom stereocenters. The highest BCUT2D eigenvalue weighted by molar-refractivity contribution is 9.10. The van der Waals surface area contributed by atoms with Gasteiger partial charge in [-0.05, 0) is 35.8 Å². The van der Waals surface area contributed by atoms with Gasteiger partial charge in [0.2, 0.25) is 0 Å². The van der Waals surface area contributed by atoms with Crippen LogP contribution in [0.3, 0.4) is 0 Å². The lowest BCUT2D eigenvalue weighted by molar-refractivity contribution is 0.0692. The van der Waals surface area contributed by atoms with Gasteiger partial charge in [0.1, 0.15) is 0 Å². The third-order valence-electron chi connectivity index (χ3n) is 2.53. The van der Waals surface area contributed by atoms with Gasteiger partial charge in [-0.3, -0.25) is 0 Å². The van der Waals surface area contributed by atoms with Crippen molar-refractivity contribution in [2.24, 2.45) is 0 Å². The largest absolute Gasteiger partial charge is 0.478 e. The maximum absolute atomic E-state index is 13.8. The van der Waals surface area contributed by atoms with E-state index >= 15 is 0 Å². The average molecular weight is 301 g/mol. The molecule has 1 aromatic heterocycles. The van der Waals surface area contributed by atoms with Crippen molar-refractivity contribution in [3.8, 4) is 0 Å². The number of aromatic carboxylic acids is 1. The summed E-state index contributed by atoms with van der Waals surface area (Å²) in [5.41, 5.74) is 0.658. The van der Waals surface area contributed by atoms with Gasteiger partial charge in [-0.1, -0.05) is 0 Å². The Morgan fingerprint density at radius 1 is 1.59 bits per heavy atom. The van der Waals surface area contributed by atoms with Crippen molar-refractivity contribution in [3.63, 3.8) is 0 Å². The predicted molar refractivity (Wildman–Crippen MR) is 64.7 cm³/mol. The van der Waals surface area contributed by atoms with Crippen LogP contribution >= 0.6 is 15.9 Å². The summed E-state index contributed by atoms with van der Waals surface area (Å²) in [6.45, 7) is 3.88. The van der Waals surface area contributed by atoms with Gasteiger partial charge in [0.15, 0.2) is 5.82 Å². The van der Waals surface area contributed by atoms with Crippen LogP contribution < -0.4 is 0 Å². The summed E-state index contributed by atoms with van der Waals surface area (Å²) in [5.74, 6) is -2.07. The predicted octanol–water partition coefficient (Wildman–Crippen LogP) is 3.22. The minimum atomic E-state index is -1.30. The van der Waals surface area contributed by atoms with Crippen LogP contribution in [-0.2, 0) is 0 Å². The smallest absolute Gasteiger partial charge is 0.338 e. The lowest BCUT2D eigenvalue weighted by Gasteiger charge is -2.10. The number of rotatable bonds is 2. The molecule has 0 radical (unpaired) electrons. The van der Waals surface area contributed by atoms with E-state index in [1.807, 2.05) is 13.8 Å². The summed E-state index contributed by atoms with van der Waals surface area (Å²) < 4.78 is 15.8. The summed E-state index contributed by atoms with van der Waals surface area (Å²) >= 11 is 3.10. The lowest BCUT2D eigenvalue weighted by atomic mass is 10.2. The lowest BCUT2D eigenvalue weighted by Crippen LogP contribution is -2.04. The minimum Gasteiger partial charge on any atom is -0.478 e. The molecule has 0 aliphatic heterocycles. The first kappa shape index (κ1) is 12.0. The summed E-state index contributed by atoms with van der Waals surface area (Å²) in [5, 5.41) is 8.87. The van der Waals surface area contributed by atoms with Crippen LogP contribution in [0, 0.1) is 5.82 Å². The van der Waals surface area contributed by atoms with Crippen molar-refractivity contribution in [1.82, 2.24) is 9.55 Å². The molecule has 0 amide bonds. The van der Waals surface area contributed by atoms with E-state index in [9.17, 15) is 9.18 Å². The molecule has 0 aliphatic carbocycles. The summed E-state index contributed by atoms with van der Waals surface area (Å²) in [6, 6.07) is 1.36. The highest BCUT2D eigenvalue weighted by Crippen LogP contribution is 2.30. The SMILES string of the molecule is CC(C)n1cnc2cc(C(=O)O)c(F)c(Br)c21. The molecule has 0 saturated heterocycles. The number of aromatic nitrogens is 2. The number of halogens is 2. The van der Waals surface area contributed by atoms with E-state index < -0.39 is 11.8 Å². The van der Waals surface area contributed by atoms with Gasteiger partial charge in [-0.25, -0.2) is 14.2 Å². The second-order valence-corrected chi connectivity index (χ2v) is 4.76. The number of nitrogens with zero attached hydrogens (tertiary/aromatic N) is 2. The molecule has 0 unspecified atom stereocenters. The molecular weight excluding hydrogens is 291 g/mol. The van der Waals surface area contributed by atoms with Gasteiger partial charge in [0, 0.05) is 6.04 Å². The van der Waals surface area contributed by atoms with Crippen molar-refractivity contribution in [3.05, 3.63) is 28.2 Å². The first-order valence-corrected chi connectivity index (χ1v) is 5.80. The van der Waals surface area contributed by atoms with Crippen LogP contribution in [0.15, 0.2) is 16.9 Å². The monoisotopic (exact) mass is 300 g/mol. The Morgan fingerprint density at radius 3 is 2.76 bits per heavy atom. The average Bonchev–Trinajstić information content (AvgIpc) is 2.66. The van der Waals surface area contributed by atoms with Crippen molar-refractivity contribution in [1.29, 1.82) is 0 Å². The van der Waals surface area contributed by atoms with E-state index in [0.717, 1.165) is 0 Å². The number of carboxylic acid groups (broad SMARTS) is 1. The van der Waals surface area contributed by atoms with Gasteiger partial charge < -0.3 is 9.67 Å². The number of carboxylic acids is 1. The fourth-order valence-electron chi connectivity index (χ4n) is 1.68. The molecule has 1 N–H and O–H groups in total. The zero-order chi connectivity index (χ0) is 12.7. The number of imidazole rings is 1. The Kier molecular flexibility index (Phi) is 2.91. The summed E-state index contributed by atoms with van der Waals surface area (Å²) in [7, 11) is 0. The Labute approximate surface area is 105 Å². The van der Waals surface area contributed by atoms with Crippen LogP contribution in [0.1, 0.15) is 30.2 Å². The molecule has 0 saturated carbocycles. The van der Waals surface area contributed by atoms with Gasteiger partial charge in [0.25, 0.3) is 0 Å². The number of hydrogen-bond donors (Lipinski definition) is 1. The topological polar surface area (TPSA) is 55.1 Å². The molecule has 4 nitrogen and oxygen atoms in total. The van der Waals surface area contributed by atoms with Crippen LogP contribution in [0.2, 0.25) is 0 Å². The highest BCUT2D eigenvalue weighted by Gasteiger charge is 2.20. The van der Waals surface area contributed by atoms with E-state index in [1.165, 1.54) is 6.07 Å². The van der Waals surface area contributed by atoms with E-state index in [-0.39, 0.29) is 16.1 Å². The Morgan fingerprint density at radius 2 is 2.24 bits per heavy atom. The van der Waals surface area contributed by atoms with E-state index in [2.05, 4.69) is 20.9 Å². The molecule has 0 fully saturated rings. The fourth-order valence-corrected chi connectivity index (χ4v) is 2.30. The van der Waals surface area contributed by atoms with Gasteiger partial charge in [-0.2, -0.15) is 0 Å². The summed E-state index contributed by atoms with van der Waals surface area (Å²) in [6.07, 6.45) is 1.57. The Hall–Kier alpha value is -1.43. The van der Waals surface area contributed by atoms with E-state index in [4.69, 9.17) is 5.11 Å².